The third-order valence-corrected chi connectivity index (χ3v) is 7.52. The molecule has 0 aliphatic heterocycles. The summed E-state index contributed by atoms with van der Waals surface area (Å²) < 4.78 is 37.3. The van der Waals surface area contributed by atoms with Crippen LogP contribution in [0.25, 0.3) is 0 Å². The molecule has 5 aliphatic carbocycles. The molecule has 164 valence electrons. The van der Waals surface area contributed by atoms with Crippen molar-refractivity contribution in [2.45, 2.75) is 74.1 Å². The van der Waals surface area contributed by atoms with Gasteiger partial charge in [-0.3, -0.25) is 4.79 Å². The van der Waals surface area contributed by atoms with Crippen LogP contribution >= 0.6 is 11.8 Å². The van der Waals surface area contributed by atoms with E-state index in [0.717, 1.165) is 37.0 Å². The quantitative estimate of drug-likeness (QED) is 0.514. The number of amides is 1. The van der Waals surface area contributed by atoms with E-state index in [1.54, 1.807) is 6.26 Å². The second kappa shape index (κ2) is 7.50. The zero-order valence-corrected chi connectivity index (χ0v) is 17.9. The summed E-state index contributed by atoms with van der Waals surface area (Å²) in [5, 5.41) is 3.68. The first-order chi connectivity index (χ1) is 14.3. The van der Waals surface area contributed by atoms with Crippen molar-refractivity contribution in [3.05, 3.63) is 6.07 Å². The smallest absolute Gasteiger partial charge is 0.258 e. The molecule has 0 aromatic carbocycles. The van der Waals surface area contributed by atoms with Crippen LogP contribution in [0.2, 0.25) is 0 Å². The molecule has 1 aromatic rings. The number of halogens is 2. The number of hydrogen-bond donors (Lipinski definition) is 1. The molecule has 0 atom stereocenters. The summed E-state index contributed by atoms with van der Waals surface area (Å²) in [6.45, 7) is -0.131. The maximum atomic E-state index is 13.0. The van der Waals surface area contributed by atoms with Crippen molar-refractivity contribution in [3.63, 3.8) is 0 Å². The van der Waals surface area contributed by atoms with Gasteiger partial charge in [0, 0.05) is 18.4 Å². The van der Waals surface area contributed by atoms with Crippen molar-refractivity contribution in [2.75, 3.05) is 12.9 Å². The van der Waals surface area contributed by atoms with Crippen LogP contribution < -0.4 is 14.8 Å². The first-order valence-corrected chi connectivity index (χ1v) is 11.9. The number of thioether (sulfide) groups is 1. The predicted molar refractivity (Wildman–Crippen MR) is 107 cm³/mol. The van der Waals surface area contributed by atoms with Crippen molar-refractivity contribution in [1.29, 1.82) is 0 Å². The maximum absolute atomic E-state index is 13.0. The minimum Gasteiger partial charge on any atom is -0.474 e. The largest absolute Gasteiger partial charge is 0.474 e. The van der Waals surface area contributed by atoms with Gasteiger partial charge in [-0.1, -0.05) is 11.8 Å². The van der Waals surface area contributed by atoms with Crippen molar-refractivity contribution in [3.8, 4) is 11.8 Å². The van der Waals surface area contributed by atoms with Crippen LogP contribution in [0.1, 0.15) is 51.4 Å². The first kappa shape index (κ1) is 20.3. The van der Waals surface area contributed by atoms with Gasteiger partial charge in [-0.15, -0.1) is 0 Å². The summed E-state index contributed by atoms with van der Waals surface area (Å²) >= 11 is 1.30. The highest BCUT2D eigenvalue weighted by Crippen LogP contribution is 2.55. The van der Waals surface area contributed by atoms with Gasteiger partial charge in [0.2, 0.25) is 11.8 Å². The molecule has 30 heavy (non-hydrogen) atoms. The van der Waals surface area contributed by atoms with Gasteiger partial charge in [0.05, 0.1) is 6.07 Å². The summed E-state index contributed by atoms with van der Waals surface area (Å²) in [4.78, 5) is 21.1. The summed E-state index contributed by atoms with van der Waals surface area (Å²) in [6.07, 6.45) is 7.83. The Morgan fingerprint density at radius 3 is 2.27 bits per heavy atom. The minimum atomic E-state index is -2.66. The maximum Gasteiger partial charge on any atom is 0.258 e. The highest BCUT2D eigenvalue weighted by atomic mass is 32.2. The van der Waals surface area contributed by atoms with Crippen molar-refractivity contribution in [2.24, 2.45) is 17.8 Å². The molecular weight excluding hydrogens is 412 g/mol. The molecule has 5 fully saturated rings. The average molecular weight is 440 g/mol. The zero-order chi connectivity index (χ0) is 20.9. The lowest BCUT2D eigenvalue weighted by molar-refractivity contribution is -0.135. The molecule has 0 unspecified atom stereocenters. The molecule has 0 spiro atoms. The fourth-order valence-corrected chi connectivity index (χ4v) is 6.57. The Morgan fingerprint density at radius 1 is 1.10 bits per heavy atom. The summed E-state index contributed by atoms with van der Waals surface area (Å²) in [7, 11) is 0. The van der Waals surface area contributed by atoms with Gasteiger partial charge in [0.15, 0.2) is 11.8 Å². The van der Waals surface area contributed by atoms with Crippen LogP contribution in [0.15, 0.2) is 11.2 Å². The molecule has 9 heteroatoms. The lowest BCUT2D eigenvalue weighted by Gasteiger charge is -2.56. The van der Waals surface area contributed by atoms with E-state index in [-0.39, 0.29) is 42.7 Å². The Morgan fingerprint density at radius 2 is 1.70 bits per heavy atom. The van der Waals surface area contributed by atoms with E-state index in [2.05, 4.69) is 15.3 Å². The van der Waals surface area contributed by atoms with Crippen molar-refractivity contribution < 1.29 is 23.0 Å². The SMILES string of the molecule is CSc1nc(OCC(=O)NC23CC4CC(CC(C4)C2)C3)cc(OC2CC(F)(F)C2)n1. The minimum absolute atomic E-state index is 0.0605. The Labute approximate surface area is 178 Å². The van der Waals surface area contributed by atoms with Gasteiger partial charge in [0.1, 0.15) is 6.10 Å². The van der Waals surface area contributed by atoms with Gasteiger partial charge in [-0.25, -0.2) is 8.78 Å². The number of rotatable bonds is 7. The molecule has 5 saturated carbocycles. The molecule has 6 nitrogen and oxygen atoms in total. The van der Waals surface area contributed by atoms with E-state index in [1.165, 1.54) is 37.1 Å². The van der Waals surface area contributed by atoms with Crippen LogP contribution in [-0.4, -0.2) is 46.3 Å². The molecule has 1 N–H and O–H groups in total. The Bertz CT molecular complexity index is 794. The van der Waals surface area contributed by atoms with Crippen LogP contribution in [0, 0.1) is 17.8 Å². The van der Waals surface area contributed by atoms with E-state index in [9.17, 15) is 13.6 Å². The number of ether oxygens (including phenoxy) is 2. The van der Waals surface area contributed by atoms with E-state index in [1.807, 2.05) is 0 Å². The third-order valence-electron chi connectivity index (χ3n) is 6.98. The summed E-state index contributed by atoms with van der Waals surface area (Å²) in [5.41, 5.74) is -0.0605. The normalized spacial score (nSPS) is 33.8. The molecule has 1 aromatic heterocycles. The molecule has 0 radical (unpaired) electrons. The highest BCUT2D eigenvalue weighted by Gasteiger charge is 2.51. The van der Waals surface area contributed by atoms with Gasteiger partial charge < -0.3 is 14.8 Å². The molecule has 5 aliphatic rings. The third kappa shape index (κ3) is 4.22. The molecule has 0 saturated heterocycles. The number of aromatic nitrogens is 2. The summed E-state index contributed by atoms with van der Waals surface area (Å²) in [5.74, 6) is -0.120. The van der Waals surface area contributed by atoms with E-state index < -0.39 is 12.0 Å². The second-order valence-electron chi connectivity index (χ2n) is 9.57. The lowest BCUT2D eigenvalue weighted by Crippen LogP contribution is -2.60. The average Bonchev–Trinajstić information content (AvgIpc) is 2.63. The highest BCUT2D eigenvalue weighted by molar-refractivity contribution is 7.98. The molecule has 1 amide bonds. The summed E-state index contributed by atoms with van der Waals surface area (Å²) in [6, 6.07) is 1.47. The number of nitrogens with one attached hydrogen (secondary N) is 1. The van der Waals surface area contributed by atoms with Crippen LogP contribution in [0.4, 0.5) is 8.78 Å². The lowest BCUT2D eigenvalue weighted by atomic mass is 9.53. The number of carbonyl (C=O) groups is 1. The van der Waals surface area contributed by atoms with E-state index >= 15 is 0 Å². The Balaban J connectivity index is 1.18. The number of nitrogens with zero attached hydrogens (tertiary/aromatic N) is 2. The Hall–Kier alpha value is -1.64. The fourth-order valence-electron chi connectivity index (χ4n) is 6.20. The topological polar surface area (TPSA) is 73.3 Å². The van der Waals surface area contributed by atoms with Crippen LogP contribution in [0.5, 0.6) is 11.8 Å². The van der Waals surface area contributed by atoms with Gasteiger partial charge in [0.25, 0.3) is 11.8 Å². The number of carbonyl (C=O) groups excluding carboxylic acids is 1. The number of alkyl halides is 2. The van der Waals surface area contributed by atoms with Gasteiger partial charge >= 0.3 is 0 Å². The number of hydrogen-bond acceptors (Lipinski definition) is 6. The second-order valence-corrected chi connectivity index (χ2v) is 10.3. The van der Waals surface area contributed by atoms with Crippen LogP contribution in [0.3, 0.4) is 0 Å². The van der Waals surface area contributed by atoms with E-state index in [0.29, 0.717) is 5.16 Å². The van der Waals surface area contributed by atoms with Crippen LogP contribution in [-0.2, 0) is 4.79 Å². The monoisotopic (exact) mass is 439 g/mol. The zero-order valence-electron chi connectivity index (χ0n) is 17.0. The van der Waals surface area contributed by atoms with Gasteiger partial charge in [-0.05, 0) is 62.5 Å². The molecular formula is C21H27F2N3O3S. The Kier molecular flexibility index (Phi) is 5.07. The first-order valence-electron chi connectivity index (χ1n) is 10.7. The predicted octanol–water partition coefficient (Wildman–Crippen LogP) is 3.84. The molecule has 6 rings (SSSR count). The molecule has 1 heterocycles. The van der Waals surface area contributed by atoms with E-state index in [4.69, 9.17) is 9.47 Å². The standard InChI is InChI=1S/C21H27F2N3O3S/c1-30-19-24-17(5-18(25-19)29-15-9-21(22,23)10-15)28-11-16(27)26-20-6-12-2-13(7-20)4-14(3-12)8-20/h5,12-15H,2-4,6-11H2,1H3,(H,26,27). The van der Waals surface area contributed by atoms with Crippen molar-refractivity contribution >= 4 is 17.7 Å². The fraction of sp³-hybridized carbons (Fsp3) is 0.762. The van der Waals surface area contributed by atoms with Gasteiger partial charge in [-0.2, -0.15) is 9.97 Å². The molecule has 4 bridgehead atoms. The van der Waals surface area contributed by atoms with Crippen molar-refractivity contribution in [1.82, 2.24) is 15.3 Å².